The smallest absolute Gasteiger partial charge is 0.124 e. The van der Waals surface area contributed by atoms with Crippen molar-refractivity contribution in [2.75, 3.05) is 19.6 Å². The average Bonchev–Trinajstić information content (AvgIpc) is 2.26. The van der Waals surface area contributed by atoms with Gasteiger partial charge in [-0.1, -0.05) is 20.8 Å². The van der Waals surface area contributed by atoms with Crippen LogP contribution in [0.4, 0.5) is 0 Å². The van der Waals surface area contributed by atoms with Crippen LogP contribution < -0.4 is 0 Å². The summed E-state index contributed by atoms with van der Waals surface area (Å²) in [6, 6.07) is 0. The molecule has 19 heavy (non-hydrogen) atoms. The first-order valence-electron chi connectivity index (χ1n) is 6.95. The fourth-order valence-electron chi connectivity index (χ4n) is 5.98. The summed E-state index contributed by atoms with van der Waals surface area (Å²) < 4.78 is 0. The van der Waals surface area contributed by atoms with Crippen LogP contribution >= 0.6 is 0 Å². The van der Waals surface area contributed by atoms with Crippen LogP contribution in [0.2, 0.25) is 0 Å². The average molecular weight is 263 g/mol. The second-order valence-electron chi connectivity index (χ2n) is 7.50. The van der Waals surface area contributed by atoms with Crippen molar-refractivity contribution < 1.29 is 14.4 Å². The second-order valence-corrected chi connectivity index (χ2v) is 7.50. The van der Waals surface area contributed by atoms with E-state index in [4.69, 9.17) is 0 Å². The molecule has 0 atom stereocenters. The van der Waals surface area contributed by atoms with E-state index in [9.17, 15) is 14.4 Å². The normalized spacial score (nSPS) is 58.9. The van der Waals surface area contributed by atoms with Gasteiger partial charge in [-0.2, -0.15) is 0 Å². The maximum Gasteiger partial charge on any atom is 0.124 e. The van der Waals surface area contributed by atoms with Gasteiger partial charge in [0.25, 0.3) is 0 Å². The molecule has 0 aromatic rings. The van der Waals surface area contributed by atoms with Gasteiger partial charge >= 0.3 is 0 Å². The summed E-state index contributed by atoms with van der Waals surface area (Å²) in [6.07, 6.45) is 2.99. The molecular weight excluding hydrogens is 242 g/mol. The number of rotatable bonds is 3. The second kappa shape index (κ2) is 3.54. The largest absolute Gasteiger partial charge is 0.303 e. The Hall–Kier alpha value is -1.03. The van der Waals surface area contributed by atoms with Gasteiger partial charge in [0, 0.05) is 53.6 Å². The van der Waals surface area contributed by atoms with Crippen molar-refractivity contribution in [1.82, 2.24) is 4.90 Å². The molecule has 104 valence electrons. The Labute approximate surface area is 113 Å². The van der Waals surface area contributed by atoms with Crippen molar-refractivity contribution in [1.29, 1.82) is 0 Å². The highest BCUT2D eigenvalue weighted by molar-refractivity contribution is 5.71. The van der Waals surface area contributed by atoms with Crippen LogP contribution in [-0.2, 0) is 14.4 Å². The van der Waals surface area contributed by atoms with Crippen LogP contribution in [0.25, 0.3) is 0 Å². The molecule has 3 saturated heterocycles. The molecule has 0 radical (unpaired) electrons. The highest BCUT2D eigenvalue weighted by Crippen LogP contribution is 2.68. The molecule has 0 unspecified atom stereocenters. The number of aldehydes is 3. The molecule has 4 heteroatoms. The topological polar surface area (TPSA) is 54.5 Å². The first kappa shape index (κ1) is 13.0. The van der Waals surface area contributed by atoms with Gasteiger partial charge in [-0.15, -0.1) is 0 Å². The molecule has 4 bridgehead atoms. The van der Waals surface area contributed by atoms with E-state index in [1.807, 2.05) is 20.8 Å². The molecular formula is C15H21NO3. The van der Waals surface area contributed by atoms with E-state index >= 15 is 0 Å². The summed E-state index contributed by atoms with van der Waals surface area (Å²) in [4.78, 5) is 37.4. The minimum absolute atomic E-state index is 0.213. The van der Waals surface area contributed by atoms with Crippen LogP contribution in [0.1, 0.15) is 20.8 Å². The predicted molar refractivity (Wildman–Crippen MR) is 69.4 cm³/mol. The van der Waals surface area contributed by atoms with Gasteiger partial charge in [0.2, 0.25) is 0 Å². The molecule has 4 rings (SSSR count). The molecule has 1 aliphatic carbocycles. The van der Waals surface area contributed by atoms with Crippen LogP contribution in [0.5, 0.6) is 0 Å². The zero-order valence-electron chi connectivity index (χ0n) is 11.8. The standard InChI is InChI=1S/C15H21NO3/c1-13-7-16-8-14(2,10(13)4-17)12(6-19)15(3,9-16)11(13)5-18/h4-6,10-12H,7-9H2,1-3H3. The van der Waals surface area contributed by atoms with Crippen molar-refractivity contribution in [3.05, 3.63) is 0 Å². The van der Waals surface area contributed by atoms with Crippen molar-refractivity contribution in [2.45, 2.75) is 20.8 Å². The van der Waals surface area contributed by atoms with Gasteiger partial charge in [0.1, 0.15) is 18.9 Å². The Morgan fingerprint density at radius 2 is 1.00 bits per heavy atom. The zero-order chi connectivity index (χ0) is 14.1. The van der Waals surface area contributed by atoms with Gasteiger partial charge < -0.3 is 19.3 Å². The maximum atomic E-state index is 11.7. The lowest BCUT2D eigenvalue weighted by Gasteiger charge is -2.72. The number of piperidine rings is 3. The van der Waals surface area contributed by atoms with E-state index < -0.39 is 0 Å². The lowest BCUT2D eigenvalue weighted by Crippen LogP contribution is -2.78. The number of carbonyl (C=O) groups is 3. The van der Waals surface area contributed by atoms with E-state index in [0.717, 1.165) is 38.5 Å². The minimum Gasteiger partial charge on any atom is -0.303 e. The summed E-state index contributed by atoms with van der Waals surface area (Å²) in [7, 11) is 0. The third-order valence-corrected chi connectivity index (χ3v) is 6.36. The predicted octanol–water partition coefficient (Wildman–Crippen LogP) is 0.793. The fraction of sp³-hybridized carbons (Fsp3) is 0.800. The third-order valence-electron chi connectivity index (χ3n) is 6.36. The molecule has 1 saturated carbocycles. The molecule has 4 fully saturated rings. The van der Waals surface area contributed by atoms with Gasteiger partial charge in [-0.3, -0.25) is 0 Å². The molecule has 0 N–H and O–H groups in total. The lowest BCUT2D eigenvalue weighted by molar-refractivity contribution is -0.248. The lowest BCUT2D eigenvalue weighted by atomic mass is 9.37. The van der Waals surface area contributed by atoms with E-state index in [0.29, 0.717) is 0 Å². The van der Waals surface area contributed by atoms with Crippen molar-refractivity contribution in [3.63, 3.8) is 0 Å². The van der Waals surface area contributed by atoms with E-state index in [1.54, 1.807) is 0 Å². The van der Waals surface area contributed by atoms with E-state index in [1.165, 1.54) is 0 Å². The monoisotopic (exact) mass is 263 g/mol. The van der Waals surface area contributed by atoms with E-state index in [2.05, 4.69) is 4.90 Å². The van der Waals surface area contributed by atoms with Gasteiger partial charge in [-0.05, 0) is 0 Å². The molecule has 4 aliphatic rings. The SMILES string of the molecule is CC12CN3CC(C)(C1C=O)C(C=O)C(C)(C3)C2C=O. The highest BCUT2D eigenvalue weighted by atomic mass is 16.1. The summed E-state index contributed by atoms with van der Waals surface area (Å²) in [6.45, 7) is 8.51. The first-order chi connectivity index (χ1) is 8.86. The zero-order valence-corrected chi connectivity index (χ0v) is 11.8. The number of nitrogens with zero attached hydrogens (tertiary/aromatic N) is 1. The van der Waals surface area contributed by atoms with Gasteiger partial charge in [0.15, 0.2) is 0 Å². The Morgan fingerprint density at radius 3 is 1.21 bits per heavy atom. The third kappa shape index (κ3) is 1.21. The Bertz CT molecular complexity index is 380. The molecule has 0 aromatic carbocycles. The van der Waals surface area contributed by atoms with E-state index in [-0.39, 0.29) is 34.0 Å². The Balaban J connectivity index is 2.24. The maximum absolute atomic E-state index is 11.7. The molecule has 0 amide bonds. The highest BCUT2D eigenvalue weighted by Gasteiger charge is 2.72. The molecule has 0 spiro atoms. The first-order valence-corrected chi connectivity index (χ1v) is 6.95. The summed E-state index contributed by atoms with van der Waals surface area (Å²) in [5.74, 6) is -0.639. The Kier molecular flexibility index (Phi) is 2.42. The van der Waals surface area contributed by atoms with Crippen LogP contribution in [0.15, 0.2) is 0 Å². The summed E-state index contributed by atoms with van der Waals surface area (Å²) in [5.41, 5.74) is -0.991. The molecule has 4 nitrogen and oxygen atoms in total. The van der Waals surface area contributed by atoms with Crippen molar-refractivity contribution >= 4 is 18.9 Å². The summed E-state index contributed by atoms with van der Waals surface area (Å²) >= 11 is 0. The quantitative estimate of drug-likeness (QED) is 0.707. The number of carbonyl (C=O) groups excluding carboxylic acids is 3. The minimum atomic E-state index is -0.330. The fourth-order valence-corrected chi connectivity index (χ4v) is 5.98. The summed E-state index contributed by atoms with van der Waals surface area (Å²) in [5, 5.41) is 0. The molecule has 3 heterocycles. The number of hydrogen-bond acceptors (Lipinski definition) is 4. The van der Waals surface area contributed by atoms with Crippen molar-refractivity contribution in [2.24, 2.45) is 34.0 Å². The van der Waals surface area contributed by atoms with Crippen LogP contribution in [-0.4, -0.2) is 43.4 Å². The van der Waals surface area contributed by atoms with Crippen LogP contribution in [0, 0.1) is 34.0 Å². The van der Waals surface area contributed by atoms with Gasteiger partial charge in [-0.25, -0.2) is 0 Å². The molecule has 0 aromatic heterocycles. The molecule has 3 aliphatic heterocycles. The van der Waals surface area contributed by atoms with Gasteiger partial charge in [0.05, 0.1) is 0 Å². The van der Waals surface area contributed by atoms with Crippen molar-refractivity contribution in [3.8, 4) is 0 Å². The Morgan fingerprint density at radius 1 is 0.737 bits per heavy atom. The number of hydrogen-bond donors (Lipinski definition) is 0. The van der Waals surface area contributed by atoms with Crippen LogP contribution in [0.3, 0.4) is 0 Å².